The van der Waals surface area contributed by atoms with Crippen LogP contribution in [0.4, 0.5) is 0 Å². The van der Waals surface area contributed by atoms with E-state index in [1.807, 2.05) is 0 Å². The Balaban J connectivity index is 1.94. The molecule has 2 bridgehead atoms. The Labute approximate surface area is 87.5 Å². The molecule has 2 heterocycles. The summed E-state index contributed by atoms with van der Waals surface area (Å²) in [6.07, 6.45) is 6.82. The van der Waals surface area contributed by atoms with Gasteiger partial charge in [-0.05, 0) is 12.8 Å². The molecule has 0 N–H and O–H groups in total. The van der Waals surface area contributed by atoms with E-state index in [2.05, 4.69) is 12.2 Å². The van der Waals surface area contributed by atoms with Crippen molar-refractivity contribution in [2.24, 2.45) is 11.8 Å². The van der Waals surface area contributed by atoms with Crippen molar-refractivity contribution in [3.63, 3.8) is 0 Å². The molecule has 0 aromatic heterocycles. The fraction of sp³-hybridized carbons (Fsp3) is 0.667. The normalized spacial score (nSPS) is 55.2. The molecule has 2 saturated carbocycles. The molecule has 4 rings (SSSR count). The molecule has 0 aromatic rings. The topological polar surface area (TPSA) is 43.4 Å². The standard InChI is InChI=1S/C12H12O3/c13-7-1-3-11-5-6-12(15-11)4-2-8(14)10(12)9(7)11/h5-6,9-10H,1-4H2/t9-,10-,11+,12+/m0/s1. The van der Waals surface area contributed by atoms with Crippen LogP contribution in [0.5, 0.6) is 0 Å². The largest absolute Gasteiger partial charge is 0.359 e. The number of Topliss-reactive ketones (excluding diaryl/α,β-unsaturated/α-hetero) is 2. The highest BCUT2D eigenvalue weighted by atomic mass is 16.5. The maximum Gasteiger partial charge on any atom is 0.140 e. The van der Waals surface area contributed by atoms with Crippen LogP contribution in [0.25, 0.3) is 0 Å². The minimum absolute atomic E-state index is 0.155. The summed E-state index contributed by atoms with van der Waals surface area (Å²) in [6.45, 7) is 0. The summed E-state index contributed by atoms with van der Waals surface area (Å²) < 4.78 is 6.08. The van der Waals surface area contributed by atoms with Crippen LogP contribution in [0.1, 0.15) is 25.7 Å². The molecule has 15 heavy (non-hydrogen) atoms. The van der Waals surface area contributed by atoms with Gasteiger partial charge in [0.1, 0.15) is 11.6 Å². The molecule has 0 radical (unpaired) electrons. The number of fused-ring (bicyclic) bond motifs is 1. The number of rotatable bonds is 0. The van der Waals surface area contributed by atoms with Crippen LogP contribution in [0, 0.1) is 11.8 Å². The van der Waals surface area contributed by atoms with Gasteiger partial charge >= 0.3 is 0 Å². The lowest BCUT2D eigenvalue weighted by atomic mass is 9.73. The highest BCUT2D eigenvalue weighted by Gasteiger charge is 2.71. The summed E-state index contributed by atoms with van der Waals surface area (Å²) in [5.41, 5.74) is -0.782. The zero-order valence-electron chi connectivity index (χ0n) is 8.36. The van der Waals surface area contributed by atoms with Crippen molar-refractivity contribution < 1.29 is 14.3 Å². The molecule has 2 spiro atoms. The Morgan fingerprint density at radius 2 is 1.47 bits per heavy atom. The van der Waals surface area contributed by atoms with Crippen LogP contribution in [0.2, 0.25) is 0 Å². The zero-order valence-corrected chi connectivity index (χ0v) is 8.36. The summed E-state index contributed by atoms with van der Waals surface area (Å²) in [5.74, 6) is 0.165. The Hall–Kier alpha value is -0.960. The fourth-order valence-electron chi connectivity index (χ4n) is 4.05. The molecule has 3 nitrogen and oxygen atoms in total. The van der Waals surface area contributed by atoms with Gasteiger partial charge in [0.05, 0.1) is 23.0 Å². The molecule has 78 valence electrons. The van der Waals surface area contributed by atoms with Gasteiger partial charge in [0.2, 0.25) is 0 Å². The van der Waals surface area contributed by atoms with Gasteiger partial charge in [0.15, 0.2) is 0 Å². The van der Waals surface area contributed by atoms with Crippen molar-refractivity contribution >= 4 is 11.6 Å². The lowest BCUT2D eigenvalue weighted by molar-refractivity contribution is -0.129. The van der Waals surface area contributed by atoms with Gasteiger partial charge in [-0.1, -0.05) is 12.2 Å². The quantitative estimate of drug-likeness (QED) is 0.553. The van der Waals surface area contributed by atoms with Gasteiger partial charge < -0.3 is 4.74 Å². The number of ether oxygens (including phenoxy) is 1. The maximum absolute atomic E-state index is 11.9. The van der Waals surface area contributed by atoms with Crippen LogP contribution >= 0.6 is 0 Å². The van der Waals surface area contributed by atoms with E-state index in [9.17, 15) is 9.59 Å². The van der Waals surface area contributed by atoms with E-state index < -0.39 is 11.2 Å². The lowest BCUT2D eigenvalue weighted by Crippen LogP contribution is -2.38. The van der Waals surface area contributed by atoms with Gasteiger partial charge in [-0.25, -0.2) is 0 Å². The molecule has 3 fully saturated rings. The van der Waals surface area contributed by atoms with Gasteiger partial charge in [-0.2, -0.15) is 0 Å². The van der Waals surface area contributed by atoms with Crippen molar-refractivity contribution in [2.45, 2.75) is 36.9 Å². The minimum Gasteiger partial charge on any atom is -0.359 e. The number of carbonyl (C=O) groups excluding carboxylic acids is 2. The first-order chi connectivity index (χ1) is 7.17. The third-order valence-electron chi connectivity index (χ3n) is 4.63. The van der Waals surface area contributed by atoms with Crippen molar-refractivity contribution in [2.75, 3.05) is 0 Å². The summed E-state index contributed by atoms with van der Waals surface area (Å²) in [5, 5.41) is 0. The number of hydrogen-bond acceptors (Lipinski definition) is 3. The average molecular weight is 204 g/mol. The molecular weight excluding hydrogens is 192 g/mol. The average Bonchev–Trinajstić information content (AvgIpc) is 2.88. The Bertz CT molecular complexity index is 387. The molecule has 4 aliphatic rings. The predicted octanol–water partition coefficient (Wildman–Crippen LogP) is 1.02. The smallest absolute Gasteiger partial charge is 0.140 e. The highest BCUT2D eigenvalue weighted by molar-refractivity contribution is 5.96. The molecule has 2 aliphatic carbocycles. The Morgan fingerprint density at radius 3 is 1.93 bits per heavy atom. The van der Waals surface area contributed by atoms with Gasteiger partial charge in [-0.15, -0.1) is 0 Å². The van der Waals surface area contributed by atoms with Gasteiger partial charge in [0.25, 0.3) is 0 Å². The van der Waals surface area contributed by atoms with Crippen LogP contribution in [0.15, 0.2) is 12.2 Å². The van der Waals surface area contributed by atoms with Crippen LogP contribution in [0.3, 0.4) is 0 Å². The van der Waals surface area contributed by atoms with Gasteiger partial charge in [-0.3, -0.25) is 9.59 Å². The molecule has 0 unspecified atom stereocenters. The van der Waals surface area contributed by atoms with E-state index >= 15 is 0 Å². The van der Waals surface area contributed by atoms with Crippen molar-refractivity contribution in [3.8, 4) is 0 Å². The molecule has 3 heteroatoms. The third-order valence-corrected chi connectivity index (χ3v) is 4.63. The second-order valence-electron chi connectivity index (χ2n) is 5.23. The van der Waals surface area contributed by atoms with Crippen LogP contribution < -0.4 is 0 Å². The van der Waals surface area contributed by atoms with E-state index in [0.717, 1.165) is 12.8 Å². The SMILES string of the molecule is O=C1CC[C@@]23C=C[C@@]4(CCC(=O)[C@H]4[C@H]12)O3. The minimum atomic E-state index is -0.391. The second-order valence-corrected chi connectivity index (χ2v) is 5.23. The molecule has 0 aromatic carbocycles. The molecule has 4 atom stereocenters. The Kier molecular flexibility index (Phi) is 1.15. The summed E-state index contributed by atoms with van der Waals surface area (Å²) >= 11 is 0. The summed E-state index contributed by atoms with van der Waals surface area (Å²) in [6, 6.07) is 0. The maximum atomic E-state index is 11.9. The number of hydrogen-bond donors (Lipinski definition) is 0. The Morgan fingerprint density at radius 1 is 1.00 bits per heavy atom. The second kappa shape index (κ2) is 2.09. The van der Waals surface area contributed by atoms with E-state index in [-0.39, 0.29) is 23.4 Å². The summed E-state index contributed by atoms with van der Waals surface area (Å²) in [4.78, 5) is 23.7. The zero-order chi connectivity index (χ0) is 10.3. The van der Waals surface area contributed by atoms with E-state index in [0.29, 0.717) is 12.8 Å². The predicted molar refractivity (Wildman–Crippen MR) is 51.1 cm³/mol. The first-order valence-corrected chi connectivity index (χ1v) is 5.63. The van der Waals surface area contributed by atoms with Crippen LogP contribution in [-0.2, 0) is 14.3 Å². The first kappa shape index (κ1) is 8.22. The van der Waals surface area contributed by atoms with Crippen molar-refractivity contribution in [1.82, 2.24) is 0 Å². The van der Waals surface area contributed by atoms with E-state index in [1.165, 1.54) is 0 Å². The number of ketones is 2. The molecule has 1 saturated heterocycles. The number of carbonyl (C=O) groups is 2. The van der Waals surface area contributed by atoms with Gasteiger partial charge in [0, 0.05) is 12.8 Å². The fourth-order valence-corrected chi connectivity index (χ4v) is 4.05. The first-order valence-electron chi connectivity index (χ1n) is 5.63. The highest BCUT2D eigenvalue weighted by Crippen LogP contribution is 2.63. The monoisotopic (exact) mass is 204 g/mol. The van der Waals surface area contributed by atoms with Crippen molar-refractivity contribution in [1.29, 1.82) is 0 Å². The molecule has 0 amide bonds. The molecular formula is C12H12O3. The van der Waals surface area contributed by atoms with Crippen LogP contribution in [-0.4, -0.2) is 22.8 Å². The summed E-state index contributed by atoms with van der Waals surface area (Å²) in [7, 11) is 0. The van der Waals surface area contributed by atoms with E-state index in [1.54, 1.807) is 0 Å². The third kappa shape index (κ3) is 0.689. The lowest BCUT2D eigenvalue weighted by Gasteiger charge is -2.24. The van der Waals surface area contributed by atoms with Crippen molar-refractivity contribution in [3.05, 3.63) is 12.2 Å². The van der Waals surface area contributed by atoms with E-state index in [4.69, 9.17) is 4.74 Å². The molecule has 2 aliphatic heterocycles.